The van der Waals surface area contributed by atoms with Gasteiger partial charge in [0.05, 0.1) is 11.9 Å². The van der Waals surface area contributed by atoms with Crippen molar-refractivity contribution >= 4 is 27.4 Å². The van der Waals surface area contributed by atoms with Gasteiger partial charge in [-0.15, -0.1) is 11.3 Å². The summed E-state index contributed by atoms with van der Waals surface area (Å²) in [7, 11) is 0. The fourth-order valence-electron chi connectivity index (χ4n) is 5.13. The Labute approximate surface area is 166 Å². The van der Waals surface area contributed by atoms with Crippen molar-refractivity contribution < 1.29 is 0 Å². The van der Waals surface area contributed by atoms with E-state index in [0.717, 1.165) is 18.2 Å². The Bertz CT molecular complexity index is 787. The number of rotatable bonds is 4. The van der Waals surface area contributed by atoms with Crippen LogP contribution >= 0.6 is 11.3 Å². The van der Waals surface area contributed by atoms with Gasteiger partial charge in [0.1, 0.15) is 16.5 Å². The van der Waals surface area contributed by atoms with Crippen LogP contribution in [0.4, 0.5) is 5.82 Å². The summed E-state index contributed by atoms with van der Waals surface area (Å²) in [5.74, 6) is 2.18. The molecule has 1 aliphatic heterocycles. The van der Waals surface area contributed by atoms with E-state index < -0.39 is 0 Å². The molecule has 2 aromatic rings. The first-order chi connectivity index (χ1) is 13.4. The van der Waals surface area contributed by atoms with Crippen LogP contribution in [0, 0.1) is 0 Å². The molecule has 3 heterocycles. The van der Waals surface area contributed by atoms with Crippen LogP contribution in [-0.4, -0.2) is 34.0 Å². The van der Waals surface area contributed by atoms with Gasteiger partial charge in [0, 0.05) is 10.9 Å². The second-order valence-corrected chi connectivity index (χ2v) is 9.78. The summed E-state index contributed by atoms with van der Waals surface area (Å²) in [5, 5.41) is 5.24. The molecule has 1 saturated heterocycles. The van der Waals surface area contributed by atoms with Gasteiger partial charge in [-0.05, 0) is 70.0 Å². The predicted molar refractivity (Wildman–Crippen MR) is 114 cm³/mol. The quantitative estimate of drug-likeness (QED) is 0.776. The van der Waals surface area contributed by atoms with Crippen LogP contribution in [0.5, 0.6) is 0 Å². The molecule has 0 aromatic carbocycles. The summed E-state index contributed by atoms with van der Waals surface area (Å²) in [5.41, 5.74) is 1.56. The Morgan fingerprint density at radius 3 is 2.52 bits per heavy atom. The number of hydrogen-bond acceptors (Lipinski definition) is 5. The first-order valence-electron chi connectivity index (χ1n) is 11.2. The standard InChI is InChI=1S/C22H32N4S/c1-3-9-16(10-4-1)23-21-20-17-11-5-6-12-18(17)27-22(20)25-19(24-21)15-26-13-7-2-8-14-26/h16H,1-15H2,(H,23,24,25). The zero-order chi connectivity index (χ0) is 18.1. The molecule has 0 amide bonds. The fourth-order valence-corrected chi connectivity index (χ4v) is 6.41. The van der Waals surface area contributed by atoms with Crippen molar-refractivity contribution in [3.63, 3.8) is 0 Å². The fraction of sp³-hybridized carbons (Fsp3) is 0.727. The lowest BCUT2D eigenvalue weighted by molar-refractivity contribution is 0.216. The molecule has 5 rings (SSSR count). The van der Waals surface area contributed by atoms with Gasteiger partial charge < -0.3 is 5.32 Å². The molecule has 0 unspecified atom stereocenters. The van der Waals surface area contributed by atoms with E-state index in [0.29, 0.717) is 6.04 Å². The van der Waals surface area contributed by atoms with Gasteiger partial charge in [0.2, 0.25) is 0 Å². The highest BCUT2D eigenvalue weighted by Crippen LogP contribution is 2.39. The lowest BCUT2D eigenvalue weighted by Crippen LogP contribution is -2.30. The van der Waals surface area contributed by atoms with E-state index in [4.69, 9.17) is 9.97 Å². The van der Waals surface area contributed by atoms with E-state index in [1.54, 1.807) is 10.4 Å². The van der Waals surface area contributed by atoms with Gasteiger partial charge >= 0.3 is 0 Å². The van der Waals surface area contributed by atoms with Crippen LogP contribution < -0.4 is 5.32 Å². The minimum Gasteiger partial charge on any atom is -0.367 e. The number of nitrogens with zero attached hydrogens (tertiary/aromatic N) is 3. The van der Waals surface area contributed by atoms with Crippen molar-refractivity contribution in [2.75, 3.05) is 18.4 Å². The number of aromatic nitrogens is 2. The number of fused-ring (bicyclic) bond motifs is 3. The van der Waals surface area contributed by atoms with Gasteiger partial charge in [0.15, 0.2) is 0 Å². The van der Waals surface area contributed by atoms with Crippen LogP contribution in [0.25, 0.3) is 10.2 Å². The third kappa shape index (κ3) is 3.86. The van der Waals surface area contributed by atoms with E-state index in [1.807, 2.05) is 11.3 Å². The number of likely N-dealkylation sites (tertiary alicyclic amines) is 1. The molecular formula is C22H32N4S. The first-order valence-corrected chi connectivity index (χ1v) is 12.0. The SMILES string of the molecule is C1CCC(Nc2nc(CN3CCCCC3)nc3sc4c(c23)CCCC4)CC1. The average molecular weight is 385 g/mol. The number of aryl methyl sites for hydroxylation is 2. The maximum absolute atomic E-state index is 5.11. The van der Waals surface area contributed by atoms with Gasteiger partial charge in [-0.3, -0.25) is 4.90 Å². The van der Waals surface area contributed by atoms with Gasteiger partial charge in [-0.25, -0.2) is 9.97 Å². The van der Waals surface area contributed by atoms with Crippen LogP contribution in [0.3, 0.4) is 0 Å². The minimum absolute atomic E-state index is 0.596. The van der Waals surface area contributed by atoms with Gasteiger partial charge in [-0.1, -0.05) is 25.7 Å². The predicted octanol–water partition coefficient (Wildman–Crippen LogP) is 5.30. The highest BCUT2D eigenvalue weighted by molar-refractivity contribution is 7.19. The number of thiophene rings is 1. The van der Waals surface area contributed by atoms with Crippen molar-refractivity contribution in [1.82, 2.24) is 14.9 Å². The smallest absolute Gasteiger partial charge is 0.146 e. The molecule has 5 heteroatoms. The molecule has 2 aromatic heterocycles. The first kappa shape index (κ1) is 17.9. The largest absolute Gasteiger partial charge is 0.367 e. The Kier molecular flexibility index (Phi) is 5.32. The normalized spacial score (nSPS) is 22.1. The van der Waals surface area contributed by atoms with E-state index in [1.165, 1.54) is 100 Å². The summed E-state index contributed by atoms with van der Waals surface area (Å²) in [6, 6.07) is 0.596. The number of hydrogen-bond donors (Lipinski definition) is 1. The Hall–Kier alpha value is -1.20. The number of nitrogens with one attached hydrogen (secondary N) is 1. The van der Waals surface area contributed by atoms with E-state index in [-0.39, 0.29) is 0 Å². The van der Waals surface area contributed by atoms with Crippen molar-refractivity contribution in [2.45, 2.75) is 89.6 Å². The molecule has 1 saturated carbocycles. The zero-order valence-electron chi connectivity index (χ0n) is 16.4. The Morgan fingerprint density at radius 1 is 0.889 bits per heavy atom. The summed E-state index contributed by atoms with van der Waals surface area (Å²) in [6.07, 6.45) is 15.8. The maximum atomic E-state index is 5.11. The minimum atomic E-state index is 0.596. The third-order valence-corrected chi connectivity index (χ3v) is 7.81. The number of piperidine rings is 1. The molecule has 2 fully saturated rings. The van der Waals surface area contributed by atoms with Crippen LogP contribution in [-0.2, 0) is 19.4 Å². The molecule has 0 spiro atoms. The summed E-state index contributed by atoms with van der Waals surface area (Å²) in [6.45, 7) is 3.32. The third-order valence-electron chi connectivity index (χ3n) is 6.62. The molecule has 0 radical (unpaired) electrons. The van der Waals surface area contributed by atoms with Crippen molar-refractivity contribution in [3.05, 3.63) is 16.3 Å². The van der Waals surface area contributed by atoms with E-state index >= 15 is 0 Å². The van der Waals surface area contributed by atoms with Gasteiger partial charge in [-0.2, -0.15) is 0 Å². The summed E-state index contributed by atoms with van der Waals surface area (Å²) in [4.78, 5) is 15.5. The van der Waals surface area contributed by atoms with Crippen LogP contribution in [0.15, 0.2) is 0 Å². The highest BCUT2D eigenvalue weighted by atomic mass is 32.1. The molecule has 146 valence electrons. The molecule has 0 atom stereocenters. The monoisotopic (exact) mass is 384 g/mol. The molecular weight excluding hydrogens is 352 g/mol. The second-order valence-electron chi connectivity index (χ2n) is 8.70. The second kappa shape index (κ2) is 8.04. The van der Waals surface area contributed by atoms with E-state index in [9.17, 15) is 0 Å². The van der Waals surface area contributed by atoms with Crippen LogP contribution in [0.2, 0.25) is 0 Å². The molecule has 4 nitrogen and oxygen atoms in total. The lowest BCUT2D eigenvalue weighted by atomic mass is 9.94. The molecule has 27 heavy (non-hydrogen) atoms. The topological polar surface area (TPSA) is 41.1 Å². The summed E-state index contributed by atoms with van der Waals surface area (Å²) >= 11 is 1.94. The maximum Gasteiger partial charge on any atom is 0.146 e. The molecule has 2 aliphatic carbocycles. The molecule has 1 N–H and O–H groups in total. The lowest BCUT2D eigenvalue weighted by Gasteiger charge is -2.27. The Morgan fingerprint density at radius 2 is 1.67 bits per heavy atom. The number of anilines is 1. The average Bonchev–Trinajstić information content (AvgIpc) is 3.08. The van der Waals surface area contributed by atoms with Gasteiger partial charge in [0.25, 0.3) is 0 Å². The van der Waals surface area contributed by atoms with E-state index in [2.05, 4.69) is 10.2 Å². The molecule has 3 aliphatic rings. The Balaban J connectivity index is 1.50. The van der Waals surface area contributed by atoms with Crippen LogP contribution in [0.1, 0.15) is 80.5 Å². The summed E-state index contributed by atoms with van der Waals surface area (Å²) < 4.78 is 0. The van der Waals surface area contributed by atoms with Crippen molar-refractivity contribution in [2.24, 2.45) is 0 Å². The van der Waals surface area contributed by atoms with Crippen molar-refractivity contribution in [3.8, 4) is 0 Å². The van der Waals surface area contributed by atoms with Crippen molar-refractivity contribution in [1.29, 1.82) is 0 Å². The molecule has 0 bridgehead atoms. The zero-order valence-corrected chi connectivity index (χ0v) is 17.3. The highest BCUT2D eigenvalue weighted by Gasteiger charge is 2.24.